The number of halogens is 3. The summed E-state index contributed by atoms with van der Waals surface area (Å²) in [5.41, 5.74) is 2.22. The van der Waals surface area contributed by atoms with E-state index in [-0.39, 0.29) is 18.9 Å². The van der Waals surface area contributed by atoms with Crippen LogP contribution in [0, 0.1) is 5.92 Å². The topological polar surface area (TPSA) is 32.3 Å². The number of carbonyl (C=O) groups excluding carboxylic acids is 1. The molecular weight excluding hydrogens is 197 g/mol. The zero-order valence-electron chi connectivity index (χ0n) is 8.06. The molecule has 0 radical (unpaired) electrons. The summed E-state index contributed by atoms with van der Waals surface area (Å²) in [5, 5.41) is 0.979. The lowest BCUT2D eigenvalue weighted by atomic mass is 10.0. The molecule has 14 heavy (non-hydrogen) atoms. The van der Waals surface area contributed by atoms with Crippen LogP contribution in [0.3, 0.4) is 0 Å². The molecule has 0 aromatic rings. The van der Waals surface area contributed by atoms with Crippen molar-refractivity contribution < 1.29 is 18.0 Å². The summed E-state index contributed by atoms with van der Waals surface area (Å²) in [5.74, 6) is -0.923. The van der Waals surface area contributed by atoms with Crippen LogP contribution in [0.5, 0.6) is 0 Å². The van der Waals surface area contributed by atoms with E-state index < -0.39 is 18.1 Å². The molecule has 1 heterocycles. The highest BCUT2D eigenvalue weighted by molar-refractivity contribution is 5.77. The number of hydrogen-bond donors (Lipinski definition) is 1. The van der Waals surface area contributed by atoms with Gasteiger partial charge in [-0.05, 0) is 5.92 Å². The summed E-state index contributed by atoms with van der Waals surface area (Å²) >= 11 is 0. The number of nitrogens with one attached hydrogen (secondary N) is 1. The van der Waals surface area contributed by atoms with Gasteiger partial charge < -0.3 is 0 Å². The van der Waals surface area contributed by atoms with Crippen LogP contribution in [0.25, 0.3) is 0 Å². The Balaban J connectivity index is 2.74. The van der Waals surface area contributed by atoms with Crippen molar-refractivity contribution in [3.63, 3.8) is 0 Å². The third-order valence-electron chi connectivity index (χ3n) is 2.15. The van der Waals surface area contributed by atoms with Gasteiger partial charge in [0.25, 0.3) is 0 Å². The maximum atomic E-state index is 12.6. The Kier molecular flexibility index (Phi) is 3.04. The van der Waals surface area contributed by atoms with Crippen LogP contribution < -0.4 is 5.43 Å². The zero-order valence-corrected chi connectivity index (χ0v) is 8.06. The lowest BCUT2D eigenvalue weighted by Crippen LogP contribution is -2.52. The van der Waals surface area contributed by atoms with Gasteiger partial charge >= 0.3 is 6.18 Å². The molecule has 0 aromatic heterocycles. The fourth-order valence-corrected chi connectivity index (χ4v) is 1.62. The zero-order chi connectivity index (χ0) is 10.9. The molecule has 1 rings (SSSR count). The van der Waals surface area contributed by atoms with Crippen molar-refractivity contribution in [1.29, 1.82) is 0 Å². The van der Waals surface area contributed by atoms with Crippen LogP contribution in [0.2, 0.25) is 0 Å². The first-order chi connectivity index (χ1) is 6.32. The minimum atomic E-state index is -4.30. The predicted molar refractivity (Wildman–Crippen MR) is 44.1 cm³/mol. The second-order valence-corrected chi connectivity index (χ2v) is 3.71. The Morgan fingerprint density at radius 3 is 2.29 bits per heavy atom. The van der Waals surface area contributed by atoms with Gasteiger partial charge in [0.1, 0.15) is 6.04 Å². The monoisotopic (exact) mass is 210 g/mol. The van der Waals surface area contributed by atoms with Crippen molar-refractivity contribution in [1.82, 2.24) is 10.4 Å². The molecule has 1 atom stereocenters. The number of nitrogens with zero attached hydrogens (tertiary/aromatic N) is 1. The van der Waals surface area contributed by atoms with Crippen LogP contribution in [-0.2, 0) is 4.79 Å². The van der Waals surface area contributed by atoms with E-state index in [1.807, 2.05) is 0 Å². The Labute approximate surface area is 80.2 Å². The molecule has 3 nitrogen and oxygen atoms in total. The Morgan fingerprint density at radius 1 is 1.43 bits per heavy atom. The second kappa shape index (κ2) is 3.76. The third kappa shape index (κ3) is 2.37. The molecule has 0 unspecified atom stereocenters. The maximum Gasteiger partial charge on any atom is 0.406 e. The summed E-state index contributed by atoms with van der Waals surface area (Å²) in [6.45, 7) is 3.10. The largest absolute Gasteiger partial charge is 0.406 e. The molecule has 1 fully saturated rings. The molecule has 0 spiro atoms. The number of hydrogen-bond acceptors (Lipinski definition) is 2. The van der Waals surface area contributed by atoms with Crippen molar-refractivity contribution in [3.8, 4) is 0 Å². The molecule has 1 aliphatic rings. The van der Waals surface area contributed by atoms with Crippen molar-refractivity contribution in [2.75, 3.05) is 6.54 Å². The van der Waals surface area contributed by atoms with Gasteiger partial charge in [0.05, 0.1) is 0 Å². The van der Waals surface area contributed by atoms with E-state index in [4.69, 9.17) is 0 Å². The first-order valence-corrected chi connectivity index (χ1v) is 4.45. The molecule has 1 aliphatic heterocycles. The minimum Gasteiger partial charge on any atom is -0.288 e. The van der Waals surface area contributed by atoms with Gasteiger partial charge in [0.15, 0.2) is 0 Å². The van der Waals surface area contributed by atoms with Crippen LogP contribution in [0.15, 0.2) is 0 Å². The van der Waals surface area contributed by atoms with Crippen LogP contribution >= 0.6 is 0 Å². The minimum absolute atomic E-state index is 0.126. The molecule has 0 saturated carbocycles. The molecule has 1 N–H and O–H groups in total. The first kappa shape index (κ1) is 11.3. The van der Waals surface area contributed by atoms with Gasteiger partial charge in [-0.1, -0.05) is 13.8 Å². The van der Waals surface area contributed by atoms with Gasteiger partial charge in [-0.2, -0.15) is 13.2 Å². The van der Waals surface area contributed by atoms with Crippen LogP contribution in [0.1, 0.15) is 20.3 Å². The average molecular weight is 210 g/mol. The highest BCUT2D eigenvalue weighted by atomic mass is 19.4. The maximum absolute atomic E-state index is 12.6. The molecule has 1 saturated heterocycles. The quantitative estimate of drug-likeness (QED) is 0.745. The molecule has 0 aromatic carbocycles. The third-order valence-corrected chi connectivity index (χ3v) is 2.15. The molecular formula is C8H13F3N2O. The number of amides is 1. The summed E-state index contributed by atoms with van der Waals surface area (Å²) in [7, 11) is 0. The van der Waals surface area contributed by atoms with Gasteiger partial charge in [-0.3, -0.25) is 10.2 Å². The van der Waals surface area contributed by atoms with Gasteiger partial charge in [-0.25, -0.2) is 5.01 Å². The number of carbonyl (C=O) groups is 1. The standard InChI is InChI=1S/C8H13F3N2O/c1-5(2)7(8(9,10)11)13-4-3-6(14)12-13/h5,7H,3-4H2,1-2H3,(H,12,14)/t7-/m0/s1. The lowest BCUT2D eigenvalue weighted by Gasteiger charge is -2.31. The van der Waals surface area contributed by atoms with Gasteiger partial charge in [0.2, 0.25) is 5.91 Å². The fraction of sp³-hybridized carbons (Fsp3) is 0.875. The molecule has 6 heteroatoms. The van der Waals surface area contributed by atoms with E-state index in [9.17, 15) is 18.0 Å². The summed E-state index contributed by atoms with van der Waals surface area (Å²) in [6, 6.07) is -1.59. The van der Waals surface area contributed by atoms with Crippen molar-refractivity contribution in [3.05, 3.63) is 0 Å². The second-order valence-electron chi connectivity index (χ2n) is 3.71. The van der Waals surface area contributed by atoms with Gasteiger partial charge in [-0.15, -0.1) is 0 Å². The highest BCUT2D eigenvalue weighted by Gasteiger charge is 2.47. The van der Waals surface area contributed by atoms with Crippen LogP contribution in [0.4, 0.5) is 13.2 Å². The van der Waals surface area contributed by atoms with E-state index in [0.29, 0.717) is 0 Å². The lowest BCUT2D eigenvalue weighted by molar-refractivity contribution is -0.199. The molecule has 1 amide bonds. The Bertz CT molecular complexity index is 227. The van der Waals surface area contributed by atoms with Crippen molar-refractivity contribution in [2.24, 2.45) is 5.92 Å². The Hall–Kier alpha value is -0.780. The SMILES string of the molecule is CC(C)[C@H](N1CCC(=O)N1)C(F)(F)F. The van der Waals surface area contributed by atoms with E-state index in [1.165, 1.54) is 13.8 Å². The van der Waals surface area contributed by atoms with Crippen LogP contribution in [-0.4, -0.2) is 29.7 Å². The molecule has 0 bridgehead atoms. The smallest absolute Gasteiger partial charge is 0.288 e. The summed E-state index contributed by atoms with van der Waals surface area (Å²) < 4.78 is 37.7. The van der Waals surface area contributed by atoms with Crippen molar-refractivity contribution >= 4 is 5.91 Å². The number of hydrazine groups is 1. The Morgan fingerprint density at radius 2 is 2.00 bits per heavy atom. The average Bonchev–Trinajstić information content (AvgIpc) is 2.31. The highest BCUT2D eigenvalue weighted by Crippen LogP contribution is 2.30. The van der Waals surface area contributed by atoms with Gasteiger partial charge in [0, 0.05) is 13.0 Å². The number of alkyl halides is 3. The van der Waals surface area contributed by atoms with E-state index in [1.54, 1.807) is 0 Å². The first-order valence-electron chi connectivity index (χ1n) is 4.45. The fourth-order valence-electron chi connectivity index (χ4n) is 1.62. The summed E-state index contributed by atoms with van der Waals surface area (Å²) in [4.78, 5) is 10.8. The molecule has 0 aliphatic carbocycles. The molecule has 82 valence electrons. The van der Waals surface area contributed by atoms with E-state index in [2.05, 4.69) is 5.43 Å². The number of rotatable bonds is 2. The predicted octanol–water partition coefficient (Wildman–Crippen LogP) is 1.31. The normalized spacial score (nSPS) is 21.4. The van der Waals surface area contributed by atoms with Crippen molar-refractivity contribution in [2.45, 2.75) is 32.5 Å². The van der Waals surface area contributed by atoms with E-state index in [0.717, 1.165) is 5.01 Å². The summed E-state index contributed by atoms with van der Waals surface area (Å²) in [6.07, 6.45) is -4.16. The van der Waals surface area contributed by atoms with E-state index >= 15 is 0 Å².